The summed E-state index contributed by atoms with van der Waals surface area (Å²) < 4.78 is 6.62. The Morgan fingerprint density at radius 2 is 2.15 bits per heavy atom. The molecule has 0 saturated carbocycles. The van der Waals surface area contributed by atoms with Gasteiger partial charge in [0.25, 0.3) is 0 Å². The predicted octanol–water partition coefficient (Wildman–Crippen LogP) is 1.34. The fourth-order valence-corrected chi connectivity index (χ4v) is 2.13. The first-order valence-electron chi connectivity index (χ1n) is 6.57. The molecule has 0 radical (unpaired) electrons. The standard InChI is InChI=1S/C14H20N4O2/c1-10-7-11(2)18-9-12(16-14(18)15-10)8-17(3)6-5-13(19)20-4/h7,9H,5-6,8H2,1-4H3. The average Bonchev–Trinajstić information content (AvgIpc) is 2.78. The molecule has 0 aromatic carbocycles. The minimum atomic E-state index is -0.194. The Kier molecular flexibility index (Phi) is 4.34. The molecule has 2 heterocycles. The van der Waals surface area contributed by atoms with Gasteiger partial charge < -0.3 is 4.74 Å². The number of aromatic nitrogens is 3. The van der Waals surface area contributed by atoms with Crippen LogP contribution in [0.25, 0.3) is 5.78 Å². The molecule has 0 spiro atoms. The highest BCUT2D eigenvalue weighted by Gasteiger charge is 2.09. The highest BCUT2D eigenvalue weighted by atomic mass is 16.5. The van der Waals surface area contributed by atoms with Gasteiger partial charge in [-0.1, -0.05) is 0 Å². The summed E-state index contributed by atoms with van der Waals surface area (Å²) in [7, 11) is 3.36. The number of hydrogen-bond acceptors (Lipinski definition) is 5. The van der Waals surface area contributed by atoms with E-state index in [2.05, 4.69) is 14.7 Å². The summed E-state index contributed by atoms with van der Waals surface area (Å²) in [6, 6.07) is 2.03. The van der Waals surface area contributed by atoms with Crippen molar-refractivity contribution in [3.05, 3.63) is 29.3 Å². The molecule has 0 atom stereocenters. The quantitative estimate of drug-likeness (QED) is 0.771. The number of fused-ring (bicyclic) bond motifs is 1. The van der Waals surface area contributed by atoms with E-state index in [0.29, 0.717) is 19.5 Å². The van der Waals surface area contributed by atoms with Crippen molar-refractivity contribution in [1.29, 1.82) is 0 Å². The molecule has 0 amide bonds. The first-order chi connectivity index (χ1) is 9.49. The zero-order valence-corrected chi connectivity index (χ0v) is 12.4. The molecule has 0 saturated heterocycles. The van der Waals surface area contributed by atoms with E-state index in [-0.39, 0.29) is 5.97 Å². The van der Waals surface area contributed by atoms with E-state index in [9.17, 15) is 4.79 Å². The first kappa shape index (κ1) is 14.5. The second-order valence-electron chi connectivity index (χ2n) is 5.01. The molecule has 0 aliphatic carbocycles. The third kappa shape index (κ3) is 3.33. The monoisotopic (exact) mass is 276 g/mol. The zero-order valence-electron chi connectivity index (χ0n) is 12.4. The molecule has 0 N–H and O–H groups in total. The van der Waals surface area contributed by atoms with Gasteiger partial charge in [-0.2, -0.15) is 0 Å². The van der Waals surface area contributed by atoms with E-state index in [4.69, 9.17) is 0 Å². The topological polar surface area (TPSA) is 59.7 Å². The number of hydrogen-bond donors (Lipinski definition) is 0. The maximum absolute atomic E-state index is 11.1. The van der Waals surface area contributed by atoms with Crippen LogP contribution < -0.4 is 0 Å². The summed E-state index contributed by atoms with van der Waals surface area (Å²) in [5, 5.41) is 0. The van der Waals surface area contributed by atoms with Crippen LogP contribution in [0.2, 0.25) is 0 Å². The summed E-state index contributed by atoms with van der Waals surface area (Å²) in [4.78, 5) is 22.1. The number of carbonyl (C=O) groups is 1. The molecule has 2 rings (SSSR count). The molecule has 6 nitrogen and oxygen atoms in total. The smallest absolute Gasteiger partial charge is 0.306 e. The summed E-state index contributed by atoms with van der Waals surface area (Å²) in [6.45, 7) is 5.32. The van der Waals surface area contributed by atoms with Crippen molar-refractivity contribution < 1.29 is 9.53 Å². The lowest BCUT2D eigenvalue weighted by Crippen LogP contribution is -2.22. The number of ether oxygens (including phenoxy) is 1. The highest BCUT2D eigenvalue weighted by Crippen LogP contribution is 2.10. The Bertz CT molecular complexity index is 621. The first-order valence-corrected chi connectivity index (χ1v) is 6.57. The van der Waals surface area contributed by atoms with Crippen molar-refractivity contribution in [2.45, 2.75) is 26.8 Å². The van der Waals surface area contributed by atoms with E-state index >= 15 is 0 Å². The summed E-state index contributed by atoms with van der Waals surface area (Å²) in [5.41, 5.74) is 3.02. The Labute approximate surface area is 118 Å². The molecule has 2 aromatic heterocycles. The van der Waals surface area contributed by atoms with Gasteiger partial charge in [0.2, 0.25) is 5.78 Å². The molecule has 2 aromatic rings. The fourth-order valence-electron chi connectivity index (χ4n) is 2.13. The van der Waals surface area contributed by atoms with E-state index in [0.717, 1.165) is 22.9 Å². The van der Waals surface area contributed by atoms with Crippen LogP contribution in [0.3, 0.4) is 0 Å². The minimum absolute atomic E-state index is 0.194. The third-order valence-electron chi connectivity index (χ3n) is 3.17. The van der Waals surface area contributed by atoms with E-state index < -0.39 is 0 Å². The van der Waals surface area contributed by atoms with E-state index in [1.165, 1.54) is 7.11 Å². The Hall–Kier alpha value is -1.95. The van der Waals surface area contributed by atoms with Crippen LogP contribution in [0.1, 0.15) is 23.5 Å². The second kappa shape index (κ2) is 6.00. The number of imidazole rings is 1. The molecular formula is C14H20N4O2. The highest BCUT2D eigenvalue weighted by molar-refractivity contribution is 5.69. The van der Waals surface area contributed by atoms with Crippen molar-refractivity contribution >= 4 is 11.7 Å². The lowest BCUT2D eigenvalue weighted by Gasteiger charge is -2.13. The molecule has 0 unspecified atom stereocenters. The normalized spacial score (nSPS) is 11.2. The number of methoxy groups -OCH3 is 1. The number of carbonyl (C=O) groups excluding carboxylic acids is 1. The number of rotatable bonds is 5. The Balaban J connectivity index is 2.06. The van der Waals surface area contributed by atoms with E-state index in [1.54, 1.807) is 0 Å². The molecule has 0 aliphatic heterocycles. The lowest BCUT2D eigenvalue weighted by atomic mass is 10.3. The van der Waals surface area contributed by atoms with Crippen LogP contribution in [0.15, 0.2) is 12.3 Å². The molecule has 20 heavy (non-hydrogen) atoms. The maximum atomic E-state index is 11.1. The largest absolute Gasteiger partial charge is 0.469 e. The van der Waals surface area contributed by atoms with Crippen molar-refractivity contribution in [3.8, 4) is 0 Å². The van der Waals surface area contributed by atoms with Crippen LogP contribution in [-0.2, 0) is 16.1 Å². The van der Waals surface area contributed by atoms with Gasteiger partial charge in [-0.3, -0.25) is 14.1 Å². The van der Waals surface area contributed by atoms with Crippen molar-refractivity contribution in [3.63, 3.8) is 0 Å². The molecular weight excluding hydrogens is 256 g/mol. The maximum Gasteiger partial charge on any atom is 0.306 e. The van der Waals surface area contributed by atoms with Crippen LogP contribution >= 0.6 is 0 Å². The third-order valence-corrected chi connectivity index (χ3v) is 3.17. The fraction of sp³-hybridized carbons (Fsp3) is 0.500. The Morgan fingerprint density at radius 3 is 2.85 bits per heavy atom. The molecule has 0 aliphatic rings. The predicted molar refractivity (Wildman–Crippen MR) is 75.4 cm³/mol. The SMILES string of the molecule is COC(=O)CCN(C)Cc1cn2c(C)cc(C)nc2n1. The van der Waals surface area contributed by atoms with Gasteiger partial charge >= 0.3 is 5.97 Å². The lowest BCUT2D eigenvalue weighted by molar-refractivity contribution is -0.140. The number of aryl methyl sites for hydroxylation is 2. The zero-order chi connectivity index (χ0) is 14.7. The van der Waals surface area contributed by atoms with Gasteiger partial charge in [-0.05, 0) is 27.0 Å². The Morgan fingerprint density at radius 1 is 1.40 bits per heavy atom. The van der Waals surface area contributed by atoms with E-state index in [1.807, 2.05) is 42.5 Å². The van der Waals surface area contributed by atoms with Crippen molar-refractivity contribution in [2.75, 3.05) is 20.7 Å². The van der Waals surface area contributed by atoms with Crippen LogP contribution in [0.5, 0.6) is 0 Å². The van der Waals surface area contributed by atoms with Crippen molar-refractivity contribution in [2.24, 2.45) is 0 Å². The van der Waals surface area contributed by atoms with Crippen LogP contribution in [0.4, 0.5) is 0 Å². The summed E-state index contributed by atoms with van der Waals surface area (Å²) in [5.74, 6) is 0.527. The molecule has 6 heteroatoms. The molecule has 108 valence electrons. The van der Waals surface area contributed by atoms with Crippen molar-refractivity contribution in [1.82, 2.24) is 19.3 Å². The summed E-state index contributed by atoms with van der Waals surface area (Å²) >= 11 is 0. The second-order valence-corrected chi connectivity index (χ2v) is 5.01. The van der Waals surface area contributed by atoms with Gasteiger partial charge in [0, 0.05) is 30.7 Å². The minimum Gasteiger partial charge on any atom is -0.469 e. The summed E-state index contributed by atoms with van der Waals surface area (Å²) in [6.07, 6.45) is 2.38. The molecule has 0 bridgehead atoms. The van der Waals surface area contributed by atoms with Gasteiger partial charge in [-0.15, -0.1) is 0 Å². The van der Waals surface area contributed by atoms with Gasteiger partial charge in [0.05, 0.1) is 19.2 Å². The average molecular weight is 276 g/mol. The van der Waals surface area contributed by atoms with Gasteiger partial charge in [-0.25, -0.2) is 9.97 Å². The van der Waals surface area contributed by atoms with Gasteiger partial charge in [0.15, 0.2) is 0 Å². The van der Waals surface area contributed by atoms with Crippen LogP contribution in [-0.4, -0.2) is 45.9 Å². The molecule has 0 fully saturated rings. The number of nitrogens with zero attached hydrogens (tertiary/aromatic N) is 4. The number of esters is 1. The van der Waals surface area contributed by atoms with Crippen LogP contribution in [0, 0.1) is 13.8 Å². The van der Waals surface area contributed by atoms with Gasteiger partial charge in [0.1, 0.15) is 0 Å².